The predicted molar refractivity (Wildman–Crippen MR) is 92.8 cm³/mol. The van der Waals surface area contributed by atoms with Crippen LogP contribution in [-0.4, -0.2) is 18.4 Å². The summed E-state index contributed by atoms with van der Waals surface area (Å²) in [4.78, 5) is 7.42. The Balaban J connectivity index is 2.07. The predicted octanol–water partition coefficient (Wildman–Crippen LogP) is 4.29. The number of aryl methyl sites for hydroxylation is 1. The fourth-order valence-corrected chi connectivity index (χ4v) is 4.20. The van der Waals surface area contributed by atoms with Crippen molar-refractivity contribution in [3.05, 3.63) is 51.8 Å². The largest absolute Gasteiger partial charge is 0.342 e. The number of aromatic amines is 1. The molecule has 0 unspecified atom stereocenters. The van der Waals surface area contributed by atoms with Crippen molar-refractivity contribution >= 4 is 49.9 Å². The number of nitrogens with zero attached hydrogens (tertiary/aromatic N) is 1. The van der Waals surface area contributed by atoms with Crippen molar-refractivity contribution in [1.29, 1.82) is 0 Å². The van der Waals surface area contributed by atoms with E-state index in [1.54, 1.807) is 38.1 Å². The Labute approximate surface area is 143 Å². The van der Waals surface area contributed by atoms with Crippen LogP contribution in [0.15, 0.2) is 35.2 Å². The van der Waals surface area contributed by atoms with Crippen molar-refractivity contribution in [2.75, 3.05) is 4.72 Å². The molecule has 2 aromatic carbocycles. The lowest BCUT2D eigenvalue weighted by Gasteiger charge is -2.12. The van der Waals surface area contributed by atoms with Crippen LogP contribution in [-0.2, 0) is 10.0 Å². The number of hydrogen-bond donors (Lipinski definition) is 2. The minimum atomic E-state index is -3.81. The molecule has 1 aromatic heterocycles. The second-order valence-electron chi connectivity index (χ2n) is 5.11. The normalized spacial score (nSPS) is 11.8. The number of rotatable bonds is 3. The summed E-state index contributed by atoms with van der Waals surface area (Å²) >= 11 is 12.3. The highest BCUT2D eigenvalue weighted by Crippen LogP contribution is 2.32. The zero-order chi connectivity index (χ0) is 16.8. The maximum atomic E-state index is 12.6. The van der Waals surface area contributed by atoms with E-state index in [9.17, 15) is 8.42 Å². The fourth-order valence-electron chi connectivity index (χ4n) is 2.32. The Bertz CT molecular complexity index is 1010. The topological polar surface area (TPSA) is 74.8 Å². The SMILES string of the molecule is Cc1nc2c(Cl)c(NS(=O)(=O)c3cccc(Cl)c3C)ccc2[nH]1. The third-order valence-corrected chi connectivity index (χ3v) is 5.77. The van der Waals surface area contributed by atoms with Crippen LogP contribution in [0.1, 0.15) is 11.4 Å². The molecule has 0 atom stereocenters. The highest BCUT2D eigenvalue weighted by Gasteiger charge is 2.20. The van der Waals surface area contributed by atoms with Crippen LogP contribution < -0.4 is 4.72 Å². The first-order valence-corrected chi connectivity index (χ1v) is 8.96. The first-order chi connectivity index (χ1) is 10.8. The summed E-state index contributed by atoms with van der Waals surface area (Å²) in [6, 6.07) is 8.05. The Morgan fingerprint density at radius 3 is 2.61 bits per heavy atom. The van der Waals surface area contributed by atoms with Gasteiger partial charge in [0.25, 0.3) is 10.0 Å². The number of nitrogens with one attached hydrogen (secondary N) is 2. The summed E-state index contributed by atoms with van der Waals surface area (Å²) in [6.07, 6.45) is 0. The van der Waals surface area contributed by atoms with Gasteiger partial charge in [0.05, 0.1) is 21.1 Å². The second-order valence-corrected chi connectivity index (χ2v) is 7.55. The van der Waals surface area contributed by atoms with E-state index >= 15 is 0 Å². The molecule has 0 radical (unpaired) electrons. The molecular weight excluding hydrogens is 357 g/mol. The third kappa shape index (κ3) is 2.89. The Hall–Kier alpha value is -1.76. The molecule has 0 saturated heterocycles. The summed E-state index contributed by atoms with van der Waals surface area (Å²) < 4.78 is 27.7. The molecule has 0 amide bonds. The molecule has 0 saturated carbocycles. The molecule has 0 aliphatic rings. The van der Waals surface area contributed by atoms with Crippen LogP contribution in [0.3, 0.4) is 0 Å². The van der Waals surface area contributed by atoms with Crippen LogP contribution in [0.5, 0.6) is 0 Å². The number of aromatic nitrogens is 2. The van der Waals surface area contributed by atoms with Gasteiger partial charge < -0.3 is 4.98 Å². The van der Waals surface area contributed by atoms with Crippen molar-refractivity contribution in [3.8, 4) is 0 Å². The average molecular weight is 370 g/mol. The lowest BCUT2D eigenvalue weighted by Crippen LogP contribution is -2.14. The van der Waals surface area contributed by atoms with Gasteiger partial charge in [-0.05, 0) is 43.7 Å². The quantitative estimate of drug-likeness (QED) is 0.722. The van der Waals surface area contributed by atoms with Crippen LogP contribution in [0.25, 0.3) is 11.0 Å². The van der Waals surface area contributed by atoms with Gasteiger partial charge in [0.1, 0.15) is 11.3 Å². The minimum Gasteiger partial charge on any atom is -0.342 e. The standard InChI is InChI=1S/C15H13Cl2N3O2S/c1-8-10(16)4-3-5-13(8)23(21,22)20-11-6-7-12-15(14(11)17)19-9(2)18-12/h3-7,20H,1-2H3,(H,18,19). The Morgan fingerprint density at radius 1 is 1.13 bits per heavy atom. The molecule has 0 spiro atoms. The first-order valence-electron chi connectivity index (χ1n) is 6.72. The van der Waals surface area contributed by atoms with Crippen molar-refractivity contribution in [1.82, 2.24) is 9.97 Å². The van der Waals surface area contributed by atoms with Crippen LogP contribution >= 0.6 is 23.2 Å². The number of imidazole rings is 1. The molecule has 8 heteroatoms. The number of H-pyrrole nitrogens is 1. The molecule has 5 nitrogen and oxygen atoms in total. The number of anilines is 1. The number of halogens is 2. The van der Waals surface area contributed by atoms with E-state index in [1.807, 2.05) is 0 Å². The van der Waals surface area contributed by atoms with E-state index < -0.39 is 10.0 Å². The van der Waals surface area contributed by atoms with Gasteiger partial charge in [-0.3, -0.25) is 4.72 Å². The summed E-state index contributed by atoms with van der Waals surface area (Å²) in [5, 5.41) is 0.632. The number of fused-ring (bicyclic) bond motifs is 1. The van der Waals surface area contributed by atoms with Crippen LogP contribution in [0.2, 0.25) is 10.0 Å². The molecule has 0 aliphatic carbocycles. The summed E-state index contributed by atoms with van der Waals surface area (Å²) in [5.74, 6) is 0.701. The van der Waals surface area contributed by atoms with Crippen molar-refractivity contribution < 1.29 is 8.42 Å². The molecule has 120 valence electrons. The minimum absolute atomic E-state index is 0.111. The molecule has 0 fully saturated rings. The Morgan fingerprint density at radius 2 is 1.87 bits per heavy atom. The molecule has 2 N–H and O–H groups in total. The zero-order valence-corrected chi connectivity index (χ0v) is 14.6. The third-order valence-electron chi connectivity index (χ3n) is 3.46. The molecule has 3 rings (SSSR count). The van der Waals surface area contributed by atoms with Gasteiger partial charge in [0, 0.05) is 5.02 Å². The van der Waals surface area contributed by atoms with E-state index in [1.165, 1.54) is 6.07 Å². The van der Waals surface area contributed by atoms with Gasteiger partial charge in [-0.25, -0.2) is 13.4 Å². The van der Waals surface area contributed by atoms with Gasteiger partial charge in [-0.1, -0.05) is 29.3 Å². The molecule has 0 bridgehead atoms. The molecular formula is C15H13Cl2N3O2S. The van der Waals surface area contributed by atoms with Crippen LogP contribution in [0, 0.1) is 13.8 Å². The maximum absolute atomic E-state index is 12.6. The van der Waals surface area contributed by atoms with Crippen molar-refractivity contribution in [2.24, 2.45) is 0 Å². The lowest BCUT2D eigenvalue weighted by molar-refractivity contribution is 0.600. The summed E-state index contributed by atoms with van der Waals surface area (Å²) in [5.41, 5.74) is 2.01. The molecule has 23 heavy (non-hydrogen) atoms. The number of hydrogen-bond acceptors (Lipinski definition) is 3. The van der Waals surface area contributed by atoms with E-state index in [0.29, 0.717) is 21.9 Å². The number of benzene rings is 2. The fraction of sp³-hybridized carbons (Fsp3) is 0.133. The number of sulfonamides is 1. The van der Waals surface area contributed by atoms with Gasteiger partial charge in [-0.2, -0.15) is 0 Å². The van der Waals surface area contributed by atoms with Crippen molar-refractivity contribution in [2.45, 2.75) is 18.7 Å². The average Bonchev–Trinajstić information content (AvgIpc) is 2.86. The second kappa shape index (κ2) is 5.70. The molecule has 3 aromatic rings. The zero-order valence-electron chi connectivity index (χ0n) is 12.3. The highest BCUT2D eigenvalue weighted by atomic mass is 35.5. The van der Waals surface area contributed by atoms with Crippen LogP contribution in [0.4, 0.5) is 5.69 Å². The van der Waals surface area contributed by atoms with E-state index in [-0.39, 0.29) is 15.6 Å². The van der Waals surface area contributed by atoms with Gasteiger partial charge in [0.2, 0.25) is 0 Å². The maximum Gasteiger partial charge on any atom is 0.262 e. The monoisotopic (exact) mass is 369 g/mol. The first kappa shape index (κ1) is 16.1. The van der Waals surface area contributed by atoms with E-state index in [4.69, 9.17) is 23.2 Å². The van der Waals surface area contributed by atoms with Gasteiger partial charge in [0.15, 0.2) is 0 Å². The van der Waals surface area contributed by atoms with Gasteiger partial charge >= 0.3 is 0 Å². The molecule has 1 heterocycles. The van der Waals surface area contributed by atoms with E-state index in [2.05, 4.69) is 14.7 Å². The van der Waals surface area contributed by atoms with Gasteiger partial charge in [-0.15, -0.1) is 0 Å². The van der Waals surface area contributed by atoms with E-state index in [0.717, 1.165) is 5.52 Å². The smallest absolute Gasteiger partial charge is 0.262 e. The summed E-state index contributed by atoms with van der Waals surface area (Å²) in [6.45, 7) is 3.45. The molecule has 0 aliphatic heterocycles. The highest BCUT2D eigenvalue weighted by molar-refractivity contribution is 7.92. The van der Waals surface area contributed by atoms with Crippen molar-refractivity contribution in [3.63, 3.8) is 0 Å². The summed E-state index contributed by atoms with van der Waals surface area (Å²) in [7, 11) is -3.81. The lowest BCUT2D eigenvalue weighted by atomic mass is 10.2. The Kier molecular flexibility index (Phi) is 4.00.